The molecule has 0 aliphatic carbocycles. The molecule has 0 aromatic carbocycles. The maximum absolute atomic E-state index is 5.48. The van der Waals surface area contributed by atoms with Gasteiger partial charge in [0.2, 0.25) is 5.89 Å². The van der Waals surface area contributed by atoms with Crippen molar-refractivity contribution < 1.29 is 4.52 Å². The van der Waals surface area contributed by atoms with Crippen molar-refractivity contribution in [1.29, 1.82) is 0 Å². The van der Waals surface area contributed by atoms with Crippen LogP contribution in [0.15, 0.2) is 4.52 Å². The summed E-state index contributed by atoms with van der Waals surface area (Å²) in [4.78, 5) is 4.57. The van der Waals surface area contributed by atoms with Crippen molar-refractivity contribution in [2.75, 3.05) is 18.1 Å². The number of aryl methyl sites for hydroxylation is 1. The van der Waals surface area contributed by atoms with Gasteiger partial charge in [-0.25, -0.2) is 0 Å². The molecule has 1 aromatic rings. The van der Waals surface area contributed by atoms with Gasteiger partial charge in [-0.1, -0.05) is 24.9 Å². The predicted octanol–water partition coefficient (Wildman–Crippen LogP) is 3.04. The van der Waals surface area contributed by atoms with Crippen LogP contribution in [0.3, 0.4) is 0 Å². The van der Waals surface area contributed by atoms with Crippen LogP contribution in [-0.2, 0) is 6.42 Å². The Morgan fingerprint density at radius 2 is 2.00 bits per heavy atom. The molecule has 108 valence electrons. The van der Waals surface area contributed by atoms with Crippen LogP contribution < -0.4 is 5.73 Å². The van der Waals surface area contributed by atoms with Gasteiger partial charge in [0.25, 0.3) is 0 Å². The first-order valence-electron chi connectivity index (χ1n) is 7.07. The van der Waals surface area contributed by atoms with Crippen LogP contribution >= 0.6 is 23.5 Å². The zero-order valence-electron chi connectivity index (χ0n) is 11.5. The first-order valence-corrected chi connectivity index (χ1v) is 9.16. The maximum Gasteiger partial charge on any atom is 0.226 e. The Morgan fingerprint density at radius 1 is 1.21 bits per heavy atom. The molecule has 2 rings (SSSR count). The van der Waals surface area contributed by atoms with Crippen molar-refractivity contribution in [3.63, 3.8) is 0 Å². The lowest BCUT2D eigenvalue weighted by Gasteiger charge is -2.24. The number of unbranched alkanes of at least 4 members (excludes halogenated alkanes) is 3. The highest BCUT2D eigenvalue weighted by molar-refractivity contribution is 8.06. The van der Waals surface area contributed by atoms with E-state index < -0.39 is 0 Å². The minimum atomic E-state index is 0.397. The van der Waals surface area contributed by atoms with Crippen molar-refractivity contribution in [3.05, 3.63) is 11.7 Å². The summed E-state index contributed by atoms with van der Waals surface area (Å²) in [5.41, 5.74) is 5.48. The van der Waals surface area contributed by atoms with Gasteiger partial charge in [0.15, 0.2) is 5.82 Å². The molecule has 0 bridgehead atoms. The van der Waals surface area contributed by atoms with Crippen molar-refractivity contribution in [1.82, 2.24) is 10.1 Å². The van der Waals surface area contributed by atoms with E-state index in [9.17, 15) is 0 Å². The van der Waals surface area contributed by atoms with Crippen molar-refractivity contribution >= 4 is 23.5 Å². The number of aromatic nitrogens is 2. The molecule has 6 heteroatoms. The van der Waals surface area contributed by atoms with E-state index in [1.54, 1.807) is 0 Å². The van der Waals surface area contributed by atoms with E-state index in [2.05, 4.69) is 17.1 Å². The smallest absolute Gasteiger partial charge is 0.226 e. The standard InChI is InChI=1S/C13H23N3OS2/c1-10-12(19-9-8-18-10)13-15-11(17-16-13)6-4-2-3-5-7-14/h10,12H,2-9,14H2,1H3. The molecule has 0 amide bonds. The number of hydrogen-bond donors (Lipinski definition) is 1. The average Bonchev–Trinajstić information content (AvgIpc) is 2.88. The van der Waals surface area contributed by atoms with E-state index in [1.165, 1.54) is 24.3 Å². The number of rotatable bonds is 7. The van der Waals surface area contributed by atoms with Gasteiger partial charge in [0, 0.05) is 23.2 Å². The Morgan fingerprint density at radius 3 is 2.79 bits per heavy atom. The van der Waals surface area contributed by atoms with Gasteiger partial charge in [0.1, 0.15) is 0 Å². The highest BCUT2D eigenvalue weighted by Gasteiger charge is 2.28. The van der Waals surface area contributed by atoms with Crippen LogP contribution in [0, 0.1) is 0 Å². The van der Waals surface area contributed by atoms with Crippen LogP contribution in [0.2, 0.25) is 0 Å². The summed E-state index contributed by atoms with van der Waals surface area (Å²) >= 11 is 3.96. The van der Waals surface area contributed by atoms with Gasteiger partial charge in [-0.05, 0) is 19.4 Å². The van der Waals surface area contributed by atoms with Gasteiger partial charge in [-0.2, -0.15) is 16.7 Å². The Kier molecular flexibility index (Phi) is 6.53. The fourth-order valence-electron chi connectivity index (χ4n) is 2.18. The second-order valence-corrected chi connectivity index (χ2v) is 7.60. The minimum absolute atomic E-state index is 0.397. The van der Waals surface area contributed by atoms with Gasteiger partial charge in [-0.15, -0.1) is 11.8 Å². The van der Waals surface area contributed by atoms with Crippen molar-refractivity contribution in [2.24, 2.45) is 5.73 Å². The molecule has 1 aliphatic heterocycles. The Hall–Kier alpha value is -0.200. The molecule has 0 spiro atoms. The van der Waals surface area contributed by atoms with Crippen molar-refractivity contribution in [3.8, 4) is 0 Å². The summed E-state index contributed by atoms with van der Waals surface area (Å²) in [6.07, 6.45) is 5.52. The quantitative estimate of drug-likeness (QED) is 0.781. The molecule has 1 aromatic heterocycles. The zero-order chi connectivity index (χ0) is 13.5. The minimum Gasteiger partial charge on any atom is -0.339 e. The maximum atomic E-state index is 5.48. The summed E-state index contributed by atoms with van der Waals surface area (Å²) in [6, 6.07) is 0. The topological polar surface area (TPSA) is 64.9 Å². The van der Waals surface area contributed by atoms with Gasteiger partial charge in [-0.3, -0.25) is 0 Å². The Labute approximate surface area is 123 Å². The van der Waals surface area contributed by atoms with E-state index in [0.717, 1.165) is 37.5 Å². The van der Waals surface area contributed by atoms with Crippen LogP contribution in [0.25, 0.3) is 0 Å². The van der Waals surface area contributed by atoms with Gasteiger partial charge < -0.3 is 10.3 Å². The molecule has 19 heavy (non-hydrogen) atoms. The van der Waals surface area contributed by atoms with Crippen LogP contribution in [-0.4, -0.2) is 33.4 Å². The largest absolute Gasteiger partial charge is 0.339 e. The molecular weight excluding hydrogens is 278 g/mol. The summed E-state index contributed by atoms with van der Waals surface area (Å²) in [5.74, 6) is 4.10. The Balaban J connectivity index is 1.78. The molecule has 2 atom stereocenters. The van der Waals surface area contributed by atoms with Crippen LogP contribution in [0.1, 0.15) is 49.6 Å². The fourth-order valence-corrected chi connectivity index (χ4v) is 4.85. The van der Waals surface area contributed by atoms with E-state index in [0.29, 0.717) is 10.5 Å². The summed E-state index contributed by atoms with van der Waals surface area (Å²) < 4.78 is 5.36. The molecule has 2 unspecified atom stereocenters. The molecule has 4 nitrogen and oxygen atoms in total. The molecule has 1 saturated heterocycles. The highest BCUT2D eigenvalue weighted by atomic mass is 32.2. The highest BCUT2D eigenvalue weighted by Crippen LogP contribution is 2.41. The summed E-state index contributed by atoms with van der Waals surface area (Å²) in [6.45, 7) is 3.05. The van der Waals surface area contributed by atoms with Crippen LogP contribution in [0.4, 0.5) is 0 Å². The molecule has 1 aliphatic rings. The first kappa shape index (κ1) is 15.2. The van der Waals surface area contributed by atoms with Gasteiger partial charge in [0.05, 0.1) is 5.25 Å². The van der Waals surface area contributed by atoms with E-state index >= 15 is 0 Å². The molecule has 1 fully saturated rings. The molecular formula is C13H23N3OS2. The molecule has 0 radical (unpaired) electrons. The Bertz CT molecular complexity index is 373. The van der Waals surface area contributed by atoms with Crippen LogP contribution in [0.5, 0.6) is 0 Å². The first-order chi connectivity index (χ1) is 9.31. The summed E-state index contributed by atoms with van der Waals surface area (Å²) in [7, 11) is 0. The molecule has 0 saturated carbocycles. The second kappa shape index (κ2) is 8.17. The zero-order valence-corrected chi connectivity index (χ0v) is 13.1. The number of nitrogens with two attached hydrogens (primary N) is 1. The fraction of sp³-hybridized carbons (Fsp3) is 0.846. The lowest BCUT2D eigenvalue weighted by atomic mass is 10.1. The monoisotopic (exact) mass is 301 g/mol. The average molecular weight is 301 g/mol. The number of nitrogens with zero attached hydrogens (tertiary/aromatic N) is 2. The van der Waals surface area contributed by atoms with Crippen molar-refractivity contribution in [2.45, 2.75) is 49.5 Å². The third-order valence-electron chi connectivity index (χ3n) is 3.27. The normalized spacial score (nSPS) is 23.7. The lowest BCUT2D eigenvalue weighted by molar-refractivity contribution is 0.368. The summed E-state index contributed by atoms with van der Waals surface area (Å²) in [5, 5.41) is 5.14. The van der Waals surface area contributed by atoms with E-state index in [-0.39, 0.29) is 0 Å². The SMILES string of the molecule is CC1SCCSC1c1noc(CCCCCCN)n1. The molecule has 2 heterocycles. The molecule has 2 N–H and O–H groups in total. The third kappa shape index (κ3) is 4.68. The second-order valence-electron chi connectivity index (χ2n) is 4.87. The van der Waals surface area contributed by atoms with E-state index in [1.807, 2.05) is 23.5 Å². The lowest BCUT2D eigenvalue weighted by Crippen LogP contribution is -2.16. The number of thioether (sulfide) groups is 2. The third-order valence-corrected chi connectivity index (χ3v) is 6.36. The van der Waals surface area contributed by atoms with E-state index in [4.69, 9.17) is 10.3 Å². The number of hydrogen-bond acceptors (Lipinski definition) is 6. The van der Waals surface area contributed by atoms with Gasteiger partial charge >= 0.3 is 0 Å². The predicted molar refractivity (Wildman–Crippen MR) is 82.6 cm³/mol.